The molecule has 110 valence electrons. The maximum absolute atomic E-state index is 2.59. The molecular weight excluding hydrogens is 307 g/mol. The van der Waals surface area contributed by atoms with Gasteiger partial charge in [0.15, 0.2) is 0 Å². The molecule has 0 N–H and O–H groups in total. The zero-order valence-corrected chi connectivity index (χ0v) is 14.5. The summed E-state index contributed by atoms with van der Waals surface area (Å²) in [6, 6.07) is 4.60. The molecule has 3 rings (SSSR count). The minimum atomic E-state index is 0.636. The molecule has 1 unspecified atom stereocenters. The number of hydrogen-bond acceptors (Lipinski definition) is 0. The number of allylic oxidation sites excluding steroid dienone is 2. The van der Waals surface area contributed by atoms with Crippen molar-refractivity contribution in [2.24, 2.45) is 17.8 Å². The Bertz CT molecular complexity index is 421. The molecule has 1 fully saturated rings. The summed E-state index contributed by atoms with van der Waals surface area (Å²) in [6.45, 7) is 2.34. The van der Waals surface area contributed by atoms with Gasteiger partial charge in [0.1, 0.15) is 0 Å². The molecule has 0 radical (unpaired) electrons. The molecule has 0 spiro atoms. The van der Waals surface area contributed by atoms with E-state index in [-0.39, 0.29) is 0 Å². The van der Waals surface area contributed by atoms with Crippen LogP contribution >= 0.6 is 0 Å². The van der Waals surface area contributed by atoms with Crippen LogP contribution in [0.4, 0.5) is 0 Å². The fourth-order valence-corrected chi connectivity index (χ4v) is 6.00. The van der Waals surface area contributed by atoms with E-state index in [1.807, 2.05) is 0 Å². The molecule has 0 saturated heterocycles. The van der Waals surface area contributed by atoms with Gasteiger partial charge in [-0.1, -0.05) is 0 Å². The van der Waals surface area contributed by atoms with Crippen LogP contribution in [0.1, 0.15) is 69.1 Å². The molecular formula is C19H28Se. The average molecular weight is 335 g/mol. The van der Waals surface area contributed by atoms with Crippen LogP contribution in [0.5, 0.6) is 0 Å². The van der Waals surface area contributed by atoms with Gasteiger partial charge in [-0.15, -0.1) is 0 Å². The first-order valence-corrected chi connectivity index (χ1v) is 10.4. The quantitative estimate of drug-likeness (QED) is 0.634. The van der Waals surface area contributed by atoms with Crippen molar-refractivity contribution < 1.29 is 0 Å². The van der Waals surface area contributed by atoms with Gasteiger partial charge in [-0.2, -0.15) is 0 Å². The van der Waals surface area contributed by atoms with Gasteiger partial charge in [-0.05, 0) is 0 Å². The molecule has 1 heterocycles. The van der Waals surface area contributed by atoms with Crippen molar-refractivity contribution in [1.82, 2.24) is 0 Å². The first-order valence-electron chi connectivity index (χ1n) is 8.59. The van der Waals surface area contributed by atoms with E-state index in [2.05, 4.69) is 30.1 Å². The van der Waals surface area contributed by atoms with E-state index in [0.29, 0.717) is 14.5 Å². The van der Waals surface area contributed by atoms with Crippen LogP contribution in [0, 0.1) is 17.8 Å². The zero-order valence-electron chi connectivity index (χ0n) is 12.8. The average Bonchev–Trinajstić information content (AvgIpc) is 3.03. The Labute approximate surface area is 130 Å². The molecule has 1 saturated carbocycles. The summed E-state index contributed by atoms with van der Waals surface area (Å²) in [4.78, 5) is 2.35. The van der Waals surface area contributed by atoms with Gasteiger partial charge < -0.3 is 0 Å². The van der Waals surface area contributed by atoms with Gasteiger partial charge in [-0.25, -0.2) is 0 Å². The Hall–Kier alpha value is -0.261. The standard InChI is InChI=1S/C19H28Se/c1-2-4-15-6-8-16(9-7-15)17-10-12-18(13-11-17)19-5-3-14-20-19/h3,5,12,14-17H,2,4,6-11,13H2,1H3. The number of rotatable bonds is 4. The van der Waals surface area contributed by atoms with Gasteiger partial charge in [0.05, 0.1) is 0 Å². The SMILES string of the molecule is CCCC1CCC(C2CC=C(c3ccc[se]3)CC2)CC1. The summed E-state index contributed by atoms with van der Waals surface area (Å²) < 4.78 is 1.66. The summed E-state index contributed by atoms with van der Waals surface area (Å²) in [5.74, 6) is 3.11. The van der Waals surface area contributed by atoms with Crippen LogP contribution in [0.25, 0.3) is 5.57 Å². The van der Waals surface area contributed by atoms with E-state index in [0.717, 1.165) is 17.8 Å². The fraction of sp³-hybridized carbons (Fsp3) is 0.684. The van der Waals surface area contributed by atoms with Crippen molar-refractivity contribution in [3.8, 4) is 0 Å². The molecule has 0 amide bonds. The van der Waals surface area contributed by atoms with Crippen molar-refractivity contribution in [1.29, 1.82) is 0 Å². The van der Waals surface area contributed by atoms with Gasteiger partial charge in [-0.3, -0.25) is 0 Å². The van der Waals surface area contributed by atoms with Crippen molar-refractivity contribution in [2.75, 3.05) is 0 Å². The third-order valence-corrected chi connectivity index (χ3v) is 7.53. The molecule has 2 aliphatic carbocycles. The minimum absolute atomic E-state index is 0.636. The van der Waals surface area contributed by atoms with Crippen molar-refractivity contribution in [2.45, 2.75) is 64.7 Å². The van der Waals surface area contributed by atoms with E-state index < -0.39 is 0 Å². The summed E-state index contributed by atoms with van der Waals surface area (Å²) >= 11 is 0.636. The van der Waals surface area contributed by atoms with Gasteiger partial charge in [0.2, 0.25) is 0 Å². The third-order valence-electron chi connectivity index (χ3n) is 5.54. The Morgan fingerprint density at radius 1 is 1.10 bits per heavy atom. The zero-order chi connectivity index (χ0) is 13.8. The molecule has 1 aromatic rings. The second kappa shape index (κ2) is 7.14. The van der Waals surface area contributed by atoms with E-state index >= 15 is 0 Å². The van der Waals surface area contributed by atoms with E-state index in [9.17, 15) is 0 Å². The summed E-state index contributed by atoms with van der Waals surface area (Å²) in [6.07, 6.45) is 15.7. The molecule has 0 aromatic carbocycles. The van der Waals surface area contributed by atoms with E-state index in [1.54, 1.807) is 10.0 Å². The van der Waals surface area contributed by atoms with Gasteiger partial charge in [0.25, 0.3) is 0 Å². The fourth-order valence-electron chi connectivity index (χ4n) is 4.32. The van der Waals surface area contributed by atoms with E-state index in [4.69, 9.17) is 0 Å². The normalized spacial score (nSPS) is 31.1. The molecule has 20 heavy (non-hydrogen) atoms. The maximum atomic E-state index is 2.59. The van der Waals surface area contributed by atoms with Crippen LogP contribution < -0.4 is 0 Å². The molecule has 1 aromatic heterocycles. The van der Waals surface area contributed by atoms with Crippen molar-refractivity contribution in [3.63, 3.8) is 0 Å². The number of hydrogen-bond donors (Lipinski definition) is 0. The van der Waals surface area contributed by atoms with E-state index in [1.165, 1.54) is 57.8 Å². The molecule has 1 atom stereocenters. The van der Waals surface area contributed by atoms with Crippen molar-refractivity contribution in [3.05, 3.63) is 27.6 Å². The Kier molecular flexibility index (Phi) is 5.24. The molecule has 1 heteroatoms. The second-order valence-corrected chi connectivity index (χ2v) is 8.80. The topological polar surface area (TPSA) is 0 Å². The summed E-state index contributed by atoms with van der Waals surface area (Å²) in [7, 11) is 0. The van der Waals surface area contributed by atoms with Crippen LogP contribution in [-0.4, -0.2) is 14.5 Å². The predicted octanol–water partition coefficient (Wildman–Crippen LogP) is 5.53. The van der Waals surface area contributed by atoms with Crippen LogP contribution in [0.15, 0.2) is 23.1 Å². The molecule has 0 aliphatic heterocycles. The van der Waals surface area contributed by atoms with Gasteiger partial charge >= 0.3 is 130 Å². The summed E-state index contributed by atoms with van der Waals surface area (Å²) in [5, 5.41) is 0. The Balaban J connectivity index is 1.51. The monoisotopic (exact) mass is 336 g/mol. The summed E-state index contributed by atoms with van der Waals surface area (Å²) in [5.41, 5.74) is 1.69. The predicted molar refractivity (Wildman–Crippen MR) is 89.1 cm³/mol. The first-order chi connectivity index (χ1) is 9.86. The van der Waals surface area contributed by atoms with Crippen LogP contribution in [0.3, 0.4) is 0 Å². The Morgan fingerprint density at radius 2 is 1.95 bits per heavy atom. The second-order valence-electron chi connectivity index (χ2n) is 6.81. The molecule has 2 aliphatic rings. The van der Waals surface area contributed by atoms with Crippen LogP contribution in [-0.2, 0) is 0 Å². The first kappa shape index (κ1) is 14.7. The molecule has 0 bridgehead atoms. The molecule has 0 nitrogen and oxygen atoms in total. The van der Waals surface area contributed by atoms with Crippen LogP contribution in [0.2, 0.25) is 0 Å². The van der Waals surface area contributed by atoms with Gasteiger partial charge in [0, 0.05) is 0 Å². The third kappa shape index (κ3) is 3.49. The Morgan fingerprint density at radius 3 is 2.55 bits per heavy atom. The van der Waals surface area contributed by atoms with Crippen molar-refractivity contribution >= 4 is 20.1 Å².